The number of carbonyl (C=O) groups excluding carboxylic acids is 2. The lowest BCUT2D eigenvalue weighted by Crippen LogP contribution is -2.58. The van der Waals surface area contributed by atoms with E-state index in [1.54, 1.807) is 11.8 Å². The molecule has 0 atom stereocenters. The van der Waals surface area contributed by atoms with Crippen molar-refractivity contribution < 1.29 is 14.1 Å². The van der Waals surface area contributed by atoms with Gasteiger partial charge in [-0.1, -0.05) is 12.1 Å². The third-order valence-corrected chi connectivity index (χ3v) is 4.82. The van der Waals surface area contributed by atoms with E-state index in [0.29, 0.717) is 36.5 Å². The van der Waals surface area contributed by atoms with Crippen LogP contribution in [-0.4, -0.2) is 78.0 Å². The van der Waals surface area contributed by atoms with E-state index in [1.165, 1.54) is 0 Å². The van der Waals surface area contributed by atoms with Crippen molar-refractivity contribution in [2.24, 2.45) is 5.92 Å². The average Bonchev–Trinajstić information content (AvgIpc) is 2.87. The van der Waals surface area contributed by atoms with Crippen molar-refractivity contribution in [3.8, 4) is 0 Å². The summed E-state index contributed by atoms with van der Waals surface area (Å²) in [5.41, 5.74) is 1.26. The number of carbonyl (C=O) groups is 2. The molecule has 1 aromatic heterocycles. The van der Waals surface area contributed by atoms with Crippen molar-refractivity contribution in [1.29, 1.82) is 0 Å². The lowest BCUT2D eigenvalue weighted by molar-refractivity contribution is -0.141. The predicted molar refractivity (Wildman–Crippen MR) is 84.1 cm³/mol. The van der Waals surface area contributed by atoms with Gasteiger partial charge in [-0.05, 0) is 20.4 Å². The number of piperazine rings is 1. The van der Waals surface area contributed by atoms with E-state index in [2.05, 4.69) is 17.1 Å². The molecule has 0 unspecified atom stereocenters. The lowest BCUT2D eigenvalue weighted by atomic mass is 9.96. The van der Waals surface area contributed by atoms with Crippen LogP contribution in [0.25, 0.3) is 0 Å². The number of aromatic nitrogens is 1. The highest BCUT2D eigenvalue weighted by atomic mass is 16.5. The van der Waals surface area contributed by atoms with Gasteiger partial charge in [0.2, 0.25) is 5.91 Å². The second kappa shape index (κ2) is 6.31. The minimum atomic E-state index is -0.0666. The third-order valence-electron chi connectivity index (χ3n) is 4.82. The molecule has 0 radical (unpaired) electrons. The SMILES string of the molecule is CCc1noc(C)c1C(=O)N1CC(C(=O)N2CCN(C)CC2)C1. The first-order valence-electron chi connectivity index (χ1n) is 8.23. The smallest absolute Gasteiger partial charge is 0.259 e. The van der Waals surface area contributed by atoms with Gasteiger partial charge in [0.05, 0.1) is 11.6 Å². The Hall–Kier alpha value is -1.89. The van der Waals surface area contributed by atoms with Crippen LogP contribution in [-0.2, 0) is 11.2 Å². The Morgan fingerprint density at radius 3 is 2.43 bits per heavy atom. The summed E-state index contributed by atoms with van der Waals surface area (Å²) in [6, 6.07) is 0. The molecule has 0 saturated carbocycles. The molecule has 7 heteroatoms. The number of aryl methyl sites for hydroxylation is 2. The normalized spacial score (nSPS) is 19.8. The van der Waals surface area contributed by atoms with Crippen LogP contribution < -0.4 is 0 Å². The zero-order valence-electron chi connectivity index (χ0n) is 14.0. The van der Waals surface area contributed by atoms with Gasteiger partial charge in [0.1, 0.15) is 11.3 Å². The maximum absolute atomic E-state index is 12.6. The molecule has 2 fully saturated rings. The summed E-state index contributed by atoms with van der Waals surface area (Å²) in [5, 5.41) is 3.93. The number of hydrogen-bond donors (Lipinski definition) is 0. The summed E-state index contributed by atoms with van der Waals surface area (Å²) >= 11 is 0. The maximum Gasteiger partial charge on any atom is 0.259 e. The van der Waals surface area contributed by atoms with Gasteiger partial charge in [-0.25, -0.2) is 0 Å². The molecule has 3 heterocycles. The van der Waals surface area contributed by atoms with Crippen LogP contribution in [0.15, 0.2) is 4.52 Å². The number of nitrogens with zero attached hydrogens (tertiary/aromatic N) is 4. The van der Waals surface area contributed by atoms with Crippen molar-refractivity contribution in [3.05, 3.63) is 17.0 Å². The van der Waals surface area contributed by atoms with E-state index in [1.807, 2.05) is 11.8 Å². The first kappa shape index (κ1) is 16.0. The molecule has 7 nitrogen and oxygen atoms in total. The molecule has 2 saturated heterocycles. The number of rotatable bonds is 3. The molecule has 126 valence electrons. The number of likely N-dealkylation sites (N-methyl/N-ethyl adjacent to an activating group) is 1. The van der Waals surface area contributed by atoms with E-state index < -0.39 is 0 Å². The molecular weight excluding hydrogens is 296 g/mol. The Bertz CT molecular complexity index is 598. The number of hydrogen-bond acceptors (Lipinski definition) is 5. The second-order valence-electron chi connectivity index (χ2n) is 6.45. The molecule has 0 bridgehead atoms. The topological polar surface area (TPSA) is 69.9 Å². The van der Waals surface area contributed by atoms with Crippen molar-refractivity contribution in [1.82, 2.24) is 19.9 Å². The highest BCUT2D eigenvalue weighted by Crippen LogP contribution is 2.24. The summed E-state index contributed by atoms with van der Waals surface area (Å²) < 4.78 is 5.13. The van der Waals surface area contributed by atoms with Crippen molar-refractivity contribution >= 4 is 11.8 Å². The van der Waals surface area contributed by atoms with Crippen LogP contribution in [0, 0.1) is 12.8 Å². The molecular formula is C16H24N4O3. The highest BCUT2D eigenvalue weighted by molar-refractivity contribution is 5.97. The Balaban J connectivity index is 1.57. The van der Waals surface area contributed by atoms with E-state index in [9.17, 15) is 9.59 Å². The molecule has 0 aromatic carbocycles. The molecule has 23 heavy (non-hydrogen) atoms. The summed E-state index contributed by atoms with van der Waals surface area (Å²) in [4.78, 5) is 30.9. The van der Waals surface area contributed by atoms with Gasteiger partial charge < -0.3 is 19.2 Å². The lowest BCUT2D eigenvalue weighted by Gasteiger charge is -2.42. The Labute approximate surface area is 136 Å². The third kappa shape index (κ3) is 2.97. The Morgan fingerprint density at radius 2 is 1.83 bits per heavy atom. The van der Waals surface area contributed by atoms with E-state index >= 15 is 0 Å². The highest BCUT2D eigenvalue weighted by Gasteiger charge is 2.40. The Kier molecular flexibility index (Phi) is 4.39. The van der Waals surface area contributed by atoms with Crippen LogP contribution in [0.2, 0.25) is 0 Å². The van der Waals surface area contributed by atoms with Gasteiger partial charge in [0, 0.05) is 39.3 Å². The number of amides is 2. The largest absolute Gasteiger partial charge is 0.361 e. The molecule has 2 amide bonds. The maximum atomic E-state index is 12.6. The molecule has 0 N–H and O–H groups in total. The van der Waals surface area contributed by atoms with E-state index in [4.69, 9.17) is 4.52 Å². The minimum absolute atomic E-state index is 0.0624. The monoisotopic (exact) mass is 320 g/mol. The van der Waals surface area contributed by atoms with Gasteiger partial charge in [-0.2, -0.15) is 0 Å². The standard InChI is InChI=1S/C16H24N4O3/c1-4-13-14(11(2)23-17-13)16(22)20-9-12(10-20)15(21)19-7-5-18(3)6-8-19/h12H,4-10H2,1-3H3. The minimum Gasteiger partial charge on any atom is -0.361 e. The van der Waals surface area contributed by atoms with E-state index in [0.717, 1.165) is 26.2 Å². The first-order chi connectivity index (χ1) is 11.0. The average molecular weight is 320 g/mol. The zero-order valence-corrected chi connectivity index (χ0v) is 14.0. The van der Waals surface area contributed by atoms with Gasteiger partial charge >= 0.3 is 0 Å². The van der Waals surface area contributed by atoms with Crippen molar-refractivity contribution in [2.45, 2.75) is 20.3 Å². The quantitative estimate of drug-likeness (QED) is 0.806. The molecule has 2 aliphatic rings. The van der Waals surface area contributed by atoms with Crippen molar-refractivity contribution in [2.75, 3.05) is 46.3 Å². The summed E-state index contributed by atoms with van der Waals surface area (Å²) in [6.45, 7) is 8.10. The Morgan fingerprint density at radius 1 is 1.17 bits per heavy atom. The van der Waals surface area contributed by atoms with Crippen LogP contribution in [0.1, 0.15) is 28.7 Å². The summed E-state index contributed by atoms with van der Waals surface area (Å²) in [6.07, 6.45) is 0.663. The first-order valence-corrected chi connectivity index (χ1v) is 8.23. The van der Waals surface area contributed by atoms with Crippen molar-refractivity contribution in [3.63, 3.8) is 0 Å². The molecule has 0 aliphatic carbocycles. The van der Waals surface area contributed by atoms with Gasteiger partial charge in [-0.15, -0.1) is 0 Å². The second-order valence-corrected chi connectivity index (χ2v) is 6.45. The van der Waals surface area contributed by atoms with Gasteiger partial charge in [-0.3, -0.25) is 9.59 Å². The van der Waals surface area contributed by atoms with Crippen LogP contribution >= 0.6 is 0 Å². The fourth-order valence-electron chi connectivity index (χ4n) is 3.18. The summed E-state index contributed by atoms with van der Waals surface area (Å²) in [7, 11) is 2.07. The molecule has 1 aromatic rings. The molecule has 2 aliphatic heterocycles. The predicted octanol–water partition coefficient (Wildman–Crippen LogP) is 0.391. The van der Waals surface area contributed by atoms with E-state index in [-0.39, 0.29) is 17.7 Å². The van der Waals surface area contributed by atoms with Crippen LogP contribution in [0.5, 0.6) is 0 Å². The fraction of sp³-hybridized carbons (Fsp3) is 0.688. The molecule has 0 spiro atoms. The van der Waals surface area contributed by atoms with Crippen LogP contribution in [0.3, 0.4) is 0 Å². The van der Waals surface area contributed by atoms with Gasteiger partial charge in [0.25, 0.3) is 5.91 Å². The summed E-state index contributed by atoms with van der Waals surface area (Å²) in [5.74, 6) is 0.608. The fourth-order valence-corrected chi connectivity index (χ4v) is 3.18. The van der Waals surface area contributed by atoms with Crippen LogP contribution in [0.4, 0.5) is 0 Å². The molecule has 3 rings (SSSR count). The number of likely N-dealkylation sites (tertiary alicyclic amines) is 1. The zero-order chi connectivity index (χ0) is 16.6. The van der Waals surface area contributed by atoms with Gasteiger partial charge in [0.15, 0.2) is 0 Å².